The van der Waals surface area contributed by atoms with Crippen molar-refractivity contribution in [2.24, 2.45) is 5.92 Å². The molecule has 1 heterocycles. The summed E-state index contributed by atoms with van der Waals surface area (Å²) in [6, 6.07) is 0.377. The van der Waals surface area contributed by atoms with Gasteiger partial charge in [0.2, 0.25) is 0 Å². The van der Waals surface area contributed by atoms with Crippen LogP contribution < -0.4 is 5.32 Å². The molecule has 0 saturated carbocycles. The Bertz CT molecular complexity index is 273. The van der Waals surface area contributed by atoms with E-state index in [0.717, 1.165) is 6.54 Å². The molecule has 2 atom stereocenters. The quantitative estimate of drug-likeness (QED) is 0.825. The maximum atomic E-state index is 4.16. The van der Waals surface area contributed by atoms with Crippen molar-refractivity contribution < 1.29 is 0 Å². The monoisotopic (exact) mass is 210 g/mol. The summed E-state index contributed by atoms with van der Waals surface area (Å²) in [5.74, 6) is 0.533. The molecule has 0 fully saturated rings. The summed E-state index contributed by atoms with van der Waals surface area (Å²) in [6.07, 6.45) is 3.36. The van der Waals surface area contributed by atoms with E-state index in [0.29, 0.717) is 12.0 Å². The molecule has 0 amide bonds. The van der Waals surface area contributed by atoms with Crippen LogP contribution in [0.5, 0.6) is 0 Å². The van der Waals surface area contributed by atoms with Crippen LogP contribution in [0.15, 0.2) is 12.7 Å². The van der Waals surface area contributed by atoms with Gasteiger partial charge in [0.25, 0.3) is 0 Å². The molecule has 0 aromatic carbocycles. The molecule has 0 spiro atoms. The fourth-order valence-corrected chi connectivity index (χ4v) is 1.33. The third kappa shape index (κ3) is 4.00. The molecule has 2 unspecified atom stereocenters. The Morgan fingerprint density at radius 1 is 1.33 bits per heavy atom. The van der Waals surface area contributed by atoms with E-state index in [4.69, 9.17) is 0 Å². The van der Waals surface area contributed by atoms with Gasteiger partial charge in [0.15, 0.2) is 0 Å². The van der Waals surface area contributed by atoms with Gasteiger partial charge in [-0.05, 0) is 33.6 Å². The maximum absolute atomic E-state index is 4.16. The molecule has 86 valence electrons. The second-order valence-electron chi connectivity index (χ2n) is 5.22. The molecule has 4 nitrogen and oxygen atoms in total. The summed E-state index contributed by atoms with van der Waals surface area (Å²) in [4.78, 5) is 3.97. The van der Waals surface area contributed by atoms with Gasteiger partial charge in [0.1, 0.15) is 12.7 Å². The SMILES string of the molecule is CC(CNC(C)(C)C)C(C)n1cncn1. The lowest BCUT2D eigenvalue weighted by molar-refractivity contribution is 0.302. The third-order valence-corrected chi connectivity index (χ3v) is 2.63. The van der Waals surface area contributed by atoms with Crippen molar-refractivity contribution in [2.45, 2.75) is 46.2 Å². The van der Waals surface area contributed by atoms with Crippen molar-refractivity contribution in [3.05, 3.63) is 12.7 Å². The highest BCUT2D eigenvalue weighted by atomic mass is 15.3. The van der Waals surface area contributed by atoms with Crippen molar-refractivity contribution in [3.63, 3.8) is 0 Å². The van der Waals surface area contributed by atoms with E-state index < -0.39 is 0 Å². The molecule has 0 saturated heterocycles. The number of nitrogens with one attached hydrogen (secondary N) is 1. The molecule has 0 aliphatic heterocycles. The Hall–Kier alpha value is -0.900. The first-order valence-electron chi connectivity index (χ1n) is 5.49. The Morgan fingerprint density at radius 2 is 2.00 bits per heavy atom. The zero-order chi connectivity index (χ0) is 11.5. The van der Waals surface area contributed by atoms with Gasteiger partial charge < -0.3 is 5.32 Å². The lowest BCUT2D eigenvalue weighted by Crippen LogP contribution is -2.40. The Balaban J connectivity index is 2.44. The second kappa shape index (κ2) is 4.75. The maximum Gasteiger partial charge on any atom is 0.137 e. The van der Waals surface area contributed by atoms with Crippen LogP contribution in [0.2, 0.25) is 0 Å². The molecule has 1 aromatic rings. The average molecular weight is 210 g/mol. The largest absolute Gasteiger partial charge is 0.312 e. The van der Waals surface area contributed by atoms with Gasteiger partial charge in [0.05, 0.1) is 6.04 Å². The van der Waals surface area contributed by atoms with Gasteiger partial charge in [-0.2, -0.15) is 5.10 Å². The van der Waals surface area contributed by atoms with E-state index >= 15 is 0 Å². The lowest BCUT2D eigenvalue weighted by Gasteiger charge is -2.26. The Morgan fingerprint density at radius 3 is 2.47 bits per heavy atom. The van der Waals surface area contributed by atoms with Crippen LogP contribution in [0.25, 0.3) is 0 Å². The van der Waals surface area contributed by atoms with Crippen LogP contribution in [-0.4, -0.2) is 26.8 Å². The fraction of sp³-hybridized carbons (Fsp3) is 0.818. The van der Waals surface area contributed by atoms with Gasteiger partial charge in [-0.15, -0.1) is 0 Å². The fourth-order valence-electron chi connectivity index (χ4n) is 1.33. The number of aromatic nitrogens is 3. The minimum absolute atomic E-state index is 0.177. The zero-order valence-corrected chi connectivity index (χ0v) is 10.4. The van der Waals surface area contributed by atoms with Crippen LogP contribution in [0.1, 0.15) is 40.7 Å². The molecule has 1 N–H and O–H groups in total. The summed E-state index contributed by atoms with van der Waals surface area (Å²) in [6.45, 7) is 11.9. The first kappa shape index (κ1) is 12.2. The predicted molar refractivity (Wildman–Crippen MR) is 61.7 cm³/mol. The summed E-state index contributed by atoms with van der Waals surface area (Å²) in [5, 5.41) is 7.66. The Labute approximate surface area is 92.1 Å². The first-order chi connectivity index (χ1) is 6.90. The standard InChI is InChI=1S/C11H22N4/c1-9(6-13-11(3,4)5)10(2)15-8-12-7-14-15/h7-10,13H,6H2,1-5H3. The van der Waals surface area contributed by atoms with Crippen molar-refractivity contribution >= 4 is 0 Å². The highest BCUT2D eigenvalue weighted by Crippen LogP contribution is 2.15. The van der Waals surface area contributed by atoms with Crippen LogP contribution in [0.4, 0.5) is 0 Å². The topological polar surface area (TPSA) is 42.7 Å². The molecule has 0 bridgehead atoms. The molecular formula is C11H22N4. The van der Waals surface area contributed by atoms with Gasteiger partial charge in [0, 0.05) is 12.1 Å². The summed E-state index contributed by atoms with van der Waals surface area (Å²) < 4.78 is 1.91. The minimum Gasteiger partial charge on any atom is -0.312 e. The number of hydrogen-bond acceptors (Lipinski definition) is 3. The molecule has 15 heavy (non-hydrogen) atoms. The molecule has 0 aliphatic rings. The molecule has 1 aromatic heterocycles. The van der Waals surface area contributed by atoms with Crippen molar-refractivity contribution in [1.82, 2.24) is 20.1 Å². The minimum atomic E-state index is 0.177. The van der Waals surface area contributed by atoms with Crippen LogP contribution in [0.3, 0.4) is 0 Å². The first-order valence-corrected chi connectivity index (χ1v) is 5.49. The summed E-state index contributed by atoms with van der Waals surface area (Å²) in [7, 11) is 0. The van der Waals surface area contributed by atoms with Crippen LogP contribution in [-0.2, 0) is 0 Å². The van der Waals surface area contributed by atoms with Crippen molar-refractivity contribution in [1.29, 1.82) is 0 Å². The highest BCUT2D eigenvalue weighted by Gasteiger charge is 2.17. The summed E-state index contributed by atoms with van der Waals surface area (Å²) >= 11 is 0. The average Bonchev–Trinajstić information content (AvgIpc) is 2.64. The molecular weight excluding hydrogens is 188 g/mol. The number of nitrogens with zero attached hydrogens (tertiary/aromatic N) is 3. The number of hydrogen-bond donors (Lipinski definition) is 1. The lowest BCUT2D eigenvalue weighted by atomic mass is 10.0. The van der Waals surface area contributed by atoms with E-state index in [1.165, 1.54) is 0 Å². The van der Waals surface area contributed by atoms with Gasteiger partial charge in [-0.25, -0.2) is 9.67 Å². The van der Waals surface area contributed by atoms with Crippen molar-refractivity contribution in [2.75, 3.05) is 6.54 Å². The Kier molecular flexibility index (Phi) is 3.85. The van der Waals surface area contributed by atoms with Crippen LogP contribution in [0, 0.1) is 5.92 Å². The normalized spacial score (nSPS) is 16.3. The zero-order valence-electron chi connectivity index (χ0n) is 10.4. The highest BCUT2D eigenvalue weighted by molar-refractivity contribution is 4.76. The molecule has 0 aliphatic carbocycles. The van der Waals surface area contributed by atoms with E-state index in [-0.39, 0.29) is 5.54 Å². The second-order valence-corrected chi connectivity index (χ2v) is 5.22. The molecule has 0 radical (unpaired) electrons. The van der Waals surface area contributed by atoms with Gasteiger partial charge in [-0.3, -0.25) is 0 Å². The van der Waals surface area contributed by atoms with E-state index in [1.54, 1.807) is 12.7 Å². The van der Waals surface area contributed by atoms with E-state index in [1.807, 2.05) is 4.68 Å². The summed E-state index contributed by atoms with van der Waals surface area (Å²) in [5.41, 5.74) is 0.177. The van der Waals surface area contributed by atoms with Crippen molar-refractivity contribution in [3.8, 4) is 0 Å². The third-order valence-electron chi connectivity index (χ3n) is 2.63. The van der Waals surface area contributed by atoms with Gasteiger partial charge >= 0.3 is 0 Å². The van der Waals surface area contributed by atoms with Crippen LogP contribution >= 0.6 is 0 Å². The number of rotatable bonds is 4. The predicted octanol–water partition coefficient (Wildman–Crippen LogP) is 1.86. The van der Waals surface area contributed by atoms with E-state index in [2.05, 4.69) is 50.0 Å². The molecule has 1 rings (SSSR count). The van der Waals surface area contributed by atoms with E-state index in [9.17, 15) is 0 Å². The smallest absolute Gasteiger partial charge is 0.137 e. The van der Waals surface area contributed by atoms with Gasteiger partial charge in [-0.1, -0.05) is 6.92 Å². The molecule has 4 heteroatoms.